The highest BCUT2D eigenvalue weighted by Gasteiger charge is 2.22. The van der Waals surface area contributed by atoms with Crippen LogP contribution in [0.5, 0.6) is 0 Å². The highest BCUT2D eigenvalue weighted by atomic mass is 16.4. The molecule has 1 N–H and O–H groups in total. The zero-order chi connectivity index (χ0) is 12.1. The van der Waals surface area contributed by atoms with Crippen molar-refractivity contribution in [1.29, 1.82) is 0 Å². The molecule has 3 nitrogen and oxygen atoms in total. The van der Waals surface area contributed by atoms with Crippen LogP contribution < -0.4 is 4.90 Å². The normalized spacial score (nSPS) is 16.7. The molecule has 0 radical (unpaired) electrons. The summed E-state index contributed by atoms with van der Waals surface area (Å²) in [5.74, 6) is -0.751. The van der Waals surface area contributed by atoms with Crippen molar-refractivity contribution in [2.24, 2.45) is 0 Å². The van der Waals surface area contributed by atoms with E-state index in [9.17, 15) is 4.79 Å². The van der Waals surface area contributed by atoms with E-state index in [4.69, 9.17) is 5.11 Å². The molecular formula is C14H19NO2. The fourth-order valence-electron chi connectivity index (χ4n) is 2.59. The van der Waals surface area contributed by atoms with Gasteiger partial charge in [0.25, 0.3) is 0 Å². The van der Waals surface area contributed by atoms with Crippen LogP contribution >= 0.6 is 0 Å². The summed E-state index contributed by atoms with van der Waals surface area (Å²) in [7, 11) is 0. The van der Waals surface area contributed by atoms with E-state index in [0.29, 0.717) is 6.04 Å². The number of hydrogen-bond donors (Lipinski definition) is 1. The zero-order valence-electron chi connectivity index (χ0n) is 10.0. The zero-order valence-corrected chi connectivity index (χ0v) is 10.0. The fourth-order valence-corrected chi connectivity index (χ4v) is 2.59. The van der Waals surface area contributed by atoms with Crippen molar-refractivity contribution in [2.75, 3.05) is 11.4 Å². The molecule has 2 rings (SSSR count). The molecule has 0 spiro atoms. The maximum absolute atomic E-state index is 11.0. The smallest absolute Gasteiger partial charge is 0.323 e. The molecule has 0 atom stereocenters. The van der Waals surface area contributed by atoms with Crippen molar-refractivity contribution >= 4 is 11.7 Å². The summed E-state index contributed by atoms with van der Waals surface area (Å²) < 4.78 is 0. The minimum atomic E-state index is -0.751. The molecule has 17 heavy (non-hydrogen) atoms. The van der Waals surface area contributed by atoms with Gasteiger partial charge in [-0.25, -0.2) is 0 Å². The van der Waals surface area contributed by atoms with Crippen molar-refractivity contribution < 1.29 is 9.90 Å². The van der Waals surface area contributed by atoms with Gasteiger partial charge in [0, 0.05) is 11.7 Å². The van der Waals surface area contributed by atoms with Crippen LogP contribution in [0.1, 0.15) is 32.1 Å². The molecule has 1 aromatic carbocycles. The van der Waals surface area contributed by atoms with E-state index in [2.05, 4.69) is 0 Å². The number of nitrogens with zero attached hydrogens (tertiary/aromatic N) is 1. The Hall–Kier alpha value is -1.51. The first kappa shape index (κ1) is 12.0. The van der Waals surface area contributed by atoms with Gasteiger partial charge in [-0.05, 0) is 25.0 Å². The maximum Gasteiger partial charge on any atom is 0.323 e. The highest BCUT2D eigenvalue weighted by molar-refractivity contribution is 5.74. The number of aliphatic carboxylic acids is 1. The van der Waals surface area contributed by atoms with Gasteiger partial charge in [0.15, 0.2) is 0 Å². The third-order valence-electron chi connectivity index (χ3n) is 3.41. The molecule has 0 unspecified atom stereocenters. The summed E-state index contributed by atoms with van der Waals surface area (Å²) in [6.07, 6.45) is 5.94. The third kappa shape index (κ3) is 3.22. The van der Waals surface area contributed by atoms with Gasteiger partial charge in [0.05, 0.1) is 0 Å². The van der Waals surface area contributed by atoms with Gasteiger partial charge in [-0.2, -0.15) is 0 Å². The molecule has 1 aliphatic carbocycles. The molecule has 0 aromatic heterocycles. The minimum absolute atomic E-state index is 0.106. The van der Waals surface area contributed by atoms with Crippen LogP contribution in [0, 0.1) is 0 Å². The lowest BCUT2D eigenvalue weighted by Crippen LogP contribution is -2.40. The van der Waals surface area contributed by atoms with E-state index in [-0.39, 0.29) is 6.54 Å². The largest absolute Gasteiger partial charge is 0.480 e. The van der Waals surface area contributed by atoms with Gasteiger partial charge >= 0.3 is 5.97 Å². The van der Waals surface area contributed by atoms with Crippen LogP contribution in [-0.4, -0.2) is 23.7 Å². The number of anilines is 1. The van der Waals surface area contributed by atoms with Crippen molar-refractivity contribution in [1.82, 2.24) is 0 Å². The molecule has 0 heterocycles. The molecule has 0 aliphatic heterocycles. The lowest BCUT2D eigenvalue weighted by Gasteiger charge is -2.35. The first-order chi connectivity index (χ1) is 8.27. The molecule has 1 saturated carbocycles. The van der Waals surface area contributed by atoms with Crippen LogP contribution in [0.25, 0.3) is 0 Å². The summed E-state index contributed by atoms with van der Waals surface area (Å²) in [5.41, 5.74) is 1.03. The molecule has 3 heteroatoms. The Bertz CT molecular complexity index is 358. The van der Waals surface area contributed by atoms with Gasteiger partial charge in [-0.1, -0.05) is 37.5 Å². The molecule has 0 saturated heterocycles. The van der Waals surface area contributed by atoms with Gasteiger partial charge in [-0.3, -0.25) is 4.79 Å². The van der Waals surface area contributed by atoms with Gasteiger partial charge in [0.1, 0.15) is 6.54 Å². The Morgan fingerprint density at radius 2 is 1.82 bits per heavy atom. The molecule has 1 fully saturated rings. The standard InChI is InChI=1S/C14H19NO2/c16-14(17)11-15(12-7-3-1-4-8-12)13-9-5-2-6-10-13/h1,3-4,7-8,13H,2,5-6,9-11H2,(H,16,17). The summed E-state index contributed by atoms with van der Waals surface area (Å²) in [6.45, 7) is 0.106. The Morgan fingerprint density at radius 3 is 2.41 bits per heavy atom. The van der Waals surface area contributed by atoms with E-state index >= 15 is 0 Å². The van der Waals surface area contributed by atoms with Gasteiger partial charge < -0.3 is 10.0 Å². The lowest BCUT2D eigenvalue weighted by atomic mass is 9.94. The monoisotopic (exact) mass is 233 g/mol. The quantitative estimate of drug-likeness (QED) is 0.869. The van der Waals surface area contributed by atoms with Crippen LogP contribution in [0.3, 0.4) is 0 Å². The molecule has 0 bridgehead atoms. The van der Waals surface area contributed by atoms with E-state index in [0.717, 1.165) is 18.5 Å². The molecule has 1 aliphatic rings. The van der Waals surface area contributed by atoms with Crippen molar-refractivity contribution in [2.45, 2.75) is 38.1 Å². The molecule has 1 aromatic rings. The molecule has 0 amide bonds. The number of carbonyl (C=O) groups is 1. The number of para-hydroxylation sites is 1. The summed E-state index contributed by atoms with van der Waals surface area (Å²) in [5, 5.41) is 9.03. The van der Waals surface area contributed by atoms with Gasteiger partial charge in [0.2, 0.25) is 0 Å². The SMILES string of the molecule is O=C(O)CN(c1ccccc1)C1CCCCC1. The summed E-state index contributed by atoms with van der Waals surface area (Å²) >= 11 is 0. The first-order valence-corrected chi connectivity index (χ1v) is 6.31. The highest BCUT2D eigenvalue weighted by Crippen LogP contribution is 2.26. The molecule has 92 valence electrons. The van der Waals surface area contributed by atoms with Crippen LogP contribution in [-0.2, 0) is 4.79 Å². The second-order valence-corrected chi connectivity index (χ2v) is 4.65. The van der Waals surface area contributed by atoms with Crippen LogP contribution in [0.4, 0.5) is 5.69 Å². The average molecular weight is 233 g/mol. The number of hydrogen-bond acceptors (Lipinski definition) is 2. The third-order valence-corrected chi connectivity index (χ3v) is 3.41. The Labute approximate surface area is 102 Å². The predicted octanol–water partition coefficient (Wildman–Crippen LogP) is 2.91. The first-order valence-electron chi connectivity index (χ1n) is 6.31. The van der Waals surface area contributed by atoms with Crippen molar-refractivity contribution in [3.8, 4) is 0 Å². The topological polar surface area (TPSA) is 40.5 Å². The predicted molar refractivity (Wildman–Crippen MR) is 68.3 cm³/mol. The van der Waals surface area contributed by atoms with Crippen LogP contribution in [0.15, 0.2) is 30.3 Å². The second-order valence-electron chi connectivity index (χ2n) is 4.65. The van der Waals surface area contributed by atoms with E-state index in [1.807, 2.05) is 35.2 Å². The van der Waals surface area contributed by atoms with Crippen molar-refractivity contribution in [3.63, 3.8) is 0 Å². The number of carboxylic acid groups (broad SMARTS) is 1. The number of benzene rings is 1. The summed E-state index contributed by atoms with van der Waals surface area (Å²) in [6, 6.07) is 10.3. The minimum Gasteiger partial charge on any atom is -0.480 e. The number of carboxylic acids is 1. The van der Waals surface area contributed by atoms with Crippen LogP contribution in [0.2, 0.25) is 0 Å². The Kier molecular flexibility index (Phi) is 4.02. The van der Waals surface area contributed by atoms with E-state index in [1.165, 1.54) is 19.3 Å². The number of rotatable bonds is 4. The average Bonchev–Trinajstić information content (AvgIpc) is 2.38. The molecular weight excluding hydrogens is 214 g/mol. The summed E-state index contributed by atoms with van der Waals surface area (Å²) in [4.78, 5) is 13.0. The van der Waals surface area contributed by atoms with E-state index in [1.54, 1.807) is 0 Å². The van der Waals surface area contributed by atoms with Gasteiger partial charge in [-0.15, -0.1) is 0 Å². The lowest BCUT2D eigenvalue weighted by molar-refractivity contribution is -0.135. The fraction of sp³-hybridized carbons (Fsp3) is 0.500. The second kappa shape index (κ2) is 5.71. The Balaban J connectivity index is 2.15. The Morgan fingerprint density at radius 1 is 1.18 bits per heavy atom. The van der Waals surface area contributed by atoms with Crippen molar-refractivity contribution in [3.05, 3.63) is 30.3 Å². The maximum atomic E-state index is 11.0. The van der Waals surface area contributed by atoms with E-state index < -0.39 is 5.97 Å².